The van der Waals surface area contributed by atoms with Crippen LogP contribution in [0.25, 0.3) is 0 Å². The van der Waals surface area contributed by atoms with Crippen LogP contribution in [0.4, 0.5) is 5.69 Å². The molecule has 132 valence electrons. The van der Waals surface area contributed by atoms with Crippen molar-refractivity contribution in [3.05, 3.63) is 52.5 Å². The zero-order chi connectivity index (χ0) is 18.2. The smallest absolute Gasteiger partial charge is 0.262 e. The molecule has 1 unspecified atom stereocenters. The van der Waals surface area contributed by atoms with E-state index in [1.165, 1.54) is 19.4 Å². The number of aromatic hydroxyl groups is 1. The van der Waals surface area contributed by atoms with Crippen molar-refractivity contribution >= 4 is 33.7 Å². The highest BCUT2D eigenvalue weighted by molar-refractivity contribution is 9.10. The molecular formula is C18H20BrN3O3. The number of carbonyl (C=O) groups excluding carboxylic acids is 1. The van der Waals surface area contributed by atoms with Gasteiger partial charge in [0.2, 0.25) is 0 Å². The predicted octanol–water partition coefficient (Wildman–Crippen LogP) is 3.50. The third kappa shape index (κ3) is 5.49. The normalized spacial score (nSPS) is 12.0. The molecule has 0 aliphatic carbocycles. The maximum Gasteiger partial charge on any atom is 0.262 e. The van der Waals surface area contributed by atoms with Crippen molar-refractivity contribution in [2.24, 2.45) is 5.10 Å². The van der Waals surface area contributed by atoms with Gasteiger partial charge in [-0.3, -0.25) is 4.79 Å². The van der Waals surface area contributed by atoms with E-state index in [0.29, 0.717) is 17.7 Å². The summed E-state index contributed by atoms with van der Waals surface area (Å²) in [4.78, 5) is 12.3. The first kappa shape index (κ1) is 18.8. The Morgan fingerprint density at radius 3 is 2.68 bits per heavy atom. The van der Waals surface area contributed by atoms with E-state index >= 15 is 0 Å². The lowest BCUT2D eigenvalue weighted by atomic mass is 10.2. The van der Waals surface area contributed by atoms with Crippen LogP contribution in [0.5, 0.6) is 11.5 Å². The number of methoxy groups -OCH3 is 1. The molecule has 0 bridgehead atoms. The highest BCUT2D eigenvalue weighted by Crippen LogP contribution is 2.25. The van der Waals surface area contributed by atoms with Gasteiger partial charge in [-0.05, 0) is 54.4 Å². The Hall–Kier alpha value is -2.54. The van der Waals surface area contributed by atoms with E-state index in [1.807, 2.05) is 31.2 Å². The van der Waals surface area contributed by atoms with Crippen molar-refractivity contribution in [3.8, 4) is 11.5 Å². The average Bonchev–Trinajstić information content (AvgIpc) is 2.62. The Bertz CT molecular complexity index is 748. The van der Waals surface area contributed by atoms with Gasteiger partial charge in [-0.15, -0.1) is 0 Å². The van der Waals surface area contributed by atoms with Gasteiger partial charge in [-0.25, -0.2) is 5.43 Å². The van der Waals surface area contributed by atoms with Gasteiger partial charge in [0.15, 0.2) is 11.5 Å². The summed E-state index contributed by atoms with van der Waals surface area (Å²) in [7, 11) is 1.47. The van der Waals surface area contributed by atoms with Gasteiger partial charge >= 0.3 is 0 Å². The average molecular weight is 406 g/mol. The minimum absolute atomic E-state index is 0.0495. The number of hydrogen-bond donors (Lipinski definition) is 3. The topological polar surface area (TPSA) is 83.0 Å². The van der Waals surface area contributed by atoms with E-state index in [4.69, 9.17) is 4.74 Å². The van der Waals surface area contributed by atoms with Crippen LogP contribution in [0.1, 0.15) is 18.9 Å². The number of benzene rings is 2. The second kappa shape index (κ2) is 9.08. The summed E-state index contributed by atoms with van der Waals surface area (Å²) in [6.07, 6.45) is 2.11. The molecule has 0 saturated heterocycles. The molecule has 2 rings (SSSR count). The van der Waals surface area contributed by atoms with Crippen LogP contribution in [0.3, 0.4) is 0 Å². The lowest BCUT2D eigenvalue weighted by Crippen LogP contribution is -2.36. The quantitative estimate of drug-likeness (QED) is 0.486. The number of nitrogens with zero attached hydrogens (tertiary/aromatic N) is 1. The Morgan fingerprint density at radius 1 is 1.32 bits per heavy atom. The van der Waals surface area contributed by atoms with Crippen molar-refractivity contribution < 1.29 is 14.6 Å². The number of ether oxygens (including phenoxy) is 1. The maximum absolute atomic E-state index is 12.3. The predicted molar refractivity (Wildman–Crippen MR) is 102 cm³/mol. The number of rotatable bonds is 7. The number of anilines is 1. The fraction of sp³-hybridized carbons (Fsp3) is 0.222. The zero-order valence-electron chi connectivity index (χ0n) is 14.0. The first-order chi connectivity index (χ1) is 12.0. The summed E-state index contributed by atoms with van der Waals surface area (Å²) < 4.78 is 6.01. The first-order valence-corrected chi connectivity index (χ1v) is 8.54. The third-order valence-corrected chi connectivity index (χ3v) is 4.03. The lowest BCUT2D eigenvalue weighted by molar-refractivity contribution is -0.121. The van der Waals surface area contributed by atoms with Crippen LogP contribution < -0.4 is 15.5 Å². The number of halogens is 1. The first-order valence-electron chi connectivity index (χ1n) is 7.75. The van der Waals surface area contributed by atoms with E-state index in [-0.39, 0.29) is 11.7 Å². The summed E-state index contributed by atoms with van der Waals surface area (Å²) in [6, 6.07) is 12.0. The molecule has 0 aliphatic heterocycles. The maximum atomic E-state index is 12.3. The Kier molecular flexibility index (Phi) is 6.82. The van der Waals surface area contributed by atoms with Gasteiger partial charge < -0.3 is 15.2 Å². The van der Waals surface area contributed by atoms with Gasteiger partial charge in [0.25, 0.3) is 5.91 Å². The Labute approximate surface area is 155 Å². The van der Waals surface area contributed by atoms with Gasteiger partial charge in [0.1, 0.15) is 6.04 Å². The molecule has 25 heavy (non-hydrogen) atoms. The molecule has 3 N–H and O–H groups in total. The molecular weight excluding hydrogens is 386 g/mol. The monoisotopic (exact) mass is 405 g/mol. The highest BCUT2D eigenvalue weighted by atomic mass is 79.9. The van der Waals surface area contributed by atoms with Crippen LogP contribution in [0, 0.1) is 0 Å². The summed E-state index contributed by atoms with van der Waals surface area (Å²) in [6.45, 7) is 1.92. The minimum Gasteiger partial charge on any atom is -0.504 e. The van der Waals surface area contributed by atoms with Crippen LogP contribution in [-0.2, 0) is 4.79 Å². The van der Waals surface area contributed by atoms with E-state index in [1.54, 1.807) is 12.1 Å². The molecule has 0 heterocycles. The molecule has 0 spiro atoms. The SMILES string of the molecule is CCC(Nc1ccc(Br)cc1)C(=O)N/N=C/c1ccc(O)c(OC)c1. The van der Waals surface area contributed by atoms with Crippen LogP contribution >= 0.6 is 15.9 Å². The summed E-state index contributed by atoms with van der Waals surface area (Å²) >= 11 is 3.38. The number of hydrogen-bond acceptors (Lipinski definition) is 5. The van der Waals surface area contributed by atoms with Gasteiger partial charge in [-0.2, -0.15) is 5.10 Å². The van der Waals surface area contributed by atoms with Crippen molar-refractivity contribution in [1.29, 1.82) is 0 Å². The number of carbonyl (C=O) groups is 1. The van der Waals surface area contributed by atoms with Gasteiger partial charge in [-0.1, -0.05) is 22.9 Å². The van der Waals surface area contributed by atoms with Crippen molar-refractivity contribution in [2.75, 3.05) is 12.4 Å². The number of phenolic OH excluding ortho intramolecular Hbond substituents is 1. The molecule has 1 amide bonds. The van der Waals surface area contributed by atoms with Crippen molar-refractivity contribution in [2.45, 2.75) is 19.4 Å². The van der Waals surface area contributed by atoms with E-state index in [9.17, 15) is 9.90 Å². The molecule has 2 aromatic carbocycles. The molecule has 1 atom stereocenters. The second-order valence-electron chi connectivity index (χ2n) is 5.28. The molecule has 6 nitrogen and oxygen atoms in total. The molecule has 0 aromatic heterocycles. The van der Waals surface area contributed by atoms with E-state index in [0.717, 1.165) is 10.2 Å². The largest absolute Gasteiger partial charge is 0.504 e. The van der Waals surface area contributed by atoms with E-state index < -0.39 is 6.04 Å². The second-order valence-corrected chi connectivity index (χ2v) is 6.19. The van der Waals surface area contributed by atoms with Crippen molar-refractivity contribution in [1.82, 2.24) is 5.43 Å². The zero-order valence-corrected chi connectivity index (χ0v) is 15.6. The fourth-order valence-corrected chi connectivity index (χ4v) is 2.39. The number of amides is 1. The lowest BCUT2D eigenvalue weighted by Gasteiger charge is -2.16. The molecule has 0 fully saturated rings. The standard InChI is InChI=1S/C18H20BrN3O3/c1-3-15(21-14-7-5-13(19)6-8-14)18(24)22-20-11-12-4-9-16(23)17(10-12)25-2/h4-11,15,21,23H,3H2,1-2H3,(H,22,24)/b20-11+. The molecule has 0 radical (unpaired) electrons. The third-order valence-electron chi connectivity index (χ3n) is 3.50. The minimum atomic E-state index is -0.396. The molecule has 0 saturated carbocycles. The fourth-order valence-electron chi connectivity index (χ4n) is 2.12. The molecule has 0 aliphatic rings. The number of phenols is 1. The number of nitrogens with one attached hydrogen (secondary N) is 2. The summed E-state index contributed by atoms with van der Waals surface area (Å²) in [5, 5.41) is 16.7. The van der Waals surface area contributed by atoms with Crippen LogP contribution in [0.2, 0.25) is 0 Å². The molecule has 2 aromatic rings. The highest BCUT2D eigenvalue weighted by Gasteiger charge is 2.15. The van der Waals surface area contributed by atoms with Gasteiger partial charge in [0.05, 0.1) is 13.3 Å². The van der Waals surface area contributed by atoms with Crippen molar-refractivity contribution in [3.63, 3.8) is 0 Å². The molecule has 7 heteroatoms. The Balaban J connectivity index is 1.96. The summed E-state index contributed by atoms with van der Waals surface area (Å²) in [5.74, 6) is 0.166. The van der Waals surface area contributed by atoms with Crippen LogP contribution in [-0.4, -0.2) is 30.4 Å². The van der Waals surface area contributed by atoms with Crippen LogP contribution in [0.15, 0.2) is 52.0 Å². The van der Waals surface area contributed by atoms with Gasteiger partial charge in [0, 0.05) is 10.2 Å². The van der Waals surface area contributed by atoms with E-state index in [2.05, 4.69) is 31.8 Å². The number of hydrazone groups is 1. The summed E-state index contributed by atoms with van der Waals surface area (Å²) in [5.41, 5.74) is 4.08. The Morgan fingerprint density at radius 2 is 2.04 bits per heavy atom.